The molecule has 0 bridgehead atoms. The first-order valence-corrected chi connectivity index (χ1v) is 8.66. The fourth-order valence-electron chi connectivity index (χ4n) is 3.61. The van der Waals surface area contributed by atoms with Crippen LogP contribution in [0.3, 0.4) is 0 Å². The smallest absolute Gasteiger partial charge is 0.311 e. The minimum atomic E-state index is -0.875. The van der Waals surface area contributed by atoms with Gasteiger partial charge in [-0.05, 0) is 29.7 Å². The zero-order chi connectivity index (χ0) is 18.1. The molecule has 2 unspecified atom stereocenters. The van der Waals surface area contributed by atoms with E-state index in [0.717, 1.165) is 17.5 Å². The van der Waals surface area contributed by atoms with Crippen molar-refractivity contribution in [2.45, 2.75) is 24.8 Å². The van der Waals surface area contributed by atoms with Gasteiger partial charge >= 0.3 is 5.97 Å². The lowest BCUT2D eigenvalue weighted by Gasteiger charge is -2.17. The molecule has 0 radical (unpaired) electrons. The lowest BCUT2D eigenvalue weighted by Crippen LogP contribution is -2.28. The van der Waals surface area contributed by atoms with E-state index in [0.29, 0.717) is 36.7 Å². The summed E-state index contributed by atoms with van der Waals surface area (Å²) in [6.07, 6.45) is 1.10. The number of carbonyl (C=O) groups excluding carboxylic acids is 1. The van der Waals surface area contributed by atoms with Crippen LogP contribution < -0.4 is 14.8 Å². The number of fused-ring (bicyclic) bond motifs is 2. The minimum absolute atomic E-state index is 0.293. The maximum absolute atomic E-state index is 12.9. The van der Waals surface area contributed by atoms with E-state index in [-0.39, 0.29) is 11.9 Å². The van der Waals surface area contributed by atoms with Crippen LogP contribution in [0.4, 0.5) is 0 Å². The zero-order valence-electron chi connectivity index (χ0n) is 14.1. The molecule has 0 saturated carbocycles. The Labute approximate surface area is 150 Å². The number of hydrogen-bond acceptors (Lipinski definition) is 4. The number of ether oxygens (including phenoxy) is 2. The molecule has 26 heavy (non-hydrogen) atoms. The molecule has 6 nitrogen and oxygen atoms in total. The fraction of sp³-hybridized carbons (Fsp3) is 0.300. The molecule has 1 heterocycles. The van der Waals surface area contributed by atoms with Crippen molar-refractivity contribution in [3.63, 3.8) is 0 Å². The molecule has 4 rings (SSSR count). The zero-order valence-corrected chi connectivity index (χ0v) is 14.1. The normalized spacial score (nSPS) is 20.8. The van der Waals surface area contributed by atoms with Gasteiger partial charge in [0.25, 0.3) is 5.91 Å². The Kier molecular flexibility index (Phi) is 4.24. The number of carbonyl (C=O) groups is 2. The predicted molar refractivity (Wildman–Crippen MR) is 93.7 cm³/mol. The Morgan fingerprint density at radius 2 is 1.77 bits per heavy atom. The SMILES string of the molecule is O=C(NC1CC(C(=O)O)c2ccccc21)c1cccc2c1OCCCO2. The summed E-state index contributed by atoms with van der Waals surface area (Å²) in [5.41, 5.74) is 2.02. The predicted octanol–water partition coefficient (Wildman–Crippen LogP) is 2.89. The number of amides is 1. The molecule has 2 aromatic carbocycles. The molecule has 0 saturated heterocycles. The van der Waals surface area contributed by atoms with Crippen LogP contribution in [-0.4, -0.2) is 30.2 Å². The number of nitrogens with one attached hydrogen (secondary N) is 1. The third-order valence-corrected chi connectivity index (χ3v) is 4.84. The van der Waals surface area contributed by atoms with Gasteiger partial charge in [-0.15, -0.1) is 0 Å². The summed E-state index contributed by atoms with van der Waals surface area (Å²) in [4.78, 5) is 24.4. The van der Waals surface area contributed by atoms with Crippen molar-refractivity contribution in [1.82, 2.24) is 5.32 Å². The lowest BCUT2D eigenvalue weighted by atomic mass is 10.0. The quantitative estimate of drug-likeness (QED) is 0.886. The largest absolute Gasteiger partial charge is 0.490 e. The van der Waals surface area contributed by atoms with Crippen LogP contribution >= 0.6 is 0 Å². The van der Waals surface area contributed by atoms with Gasteiger partial charge in [0.15, 0.2) is 11.5 Å². The van der Waals surface area contributed by atoms with Crippen molar-refractivity contribution >= 4 is 11.9 Å². The van der Waals surface area contributed by atoms with Crippen LogP contribution in [0.2, 0.25) is 0 Å². The van der Waals surface area contributed by atoms with E-state index in [1.54, 1.807) is 18.2 Å². The van der Waals surface area contributed by atoms with Crippen LogP contribution in [0.1, 0.15) is 46.3 Å². The first kappa shape index (κ1) is 16.4. The molecule has 0 spiro atoms. The lowest BCUT2D eigenvalue weighted by molar-refractivity contribution is -0.138. The van der Waals surface area contributed by atoms with Crippen molar-refractivity contribution in [3.8, 4) is 11.5 Å². The molecule has 1 aliphatic heterocycles. The Bertz CT molecular complexity index is 863. The molecule has 0 fully saturated rings. The van der Waals surface area contributed by atoms with E-state index >= 15 is 0 Å². The van der Waals surface area contributed by atoms with Crippen LogP contribution in [0.5, 0.6) is 11.5 Å². The number of carboxylic acids is 1. The van der Waals surface area contributed by atoms with Crippen molar-refractivity contribution in [1.29, 1.82) is 0 Å². The third kappa shape index (κ3) is 2.87. The highest BCUT2D eigenvalue weighted by Crippen LogP contribution is 2.41. The number of benzene rings is 2. The summed E-state index contributed by atoms with van der Waals surface area (Å²) in [6.45, 7) is 1.04. The van der Waals surface area contributed by atoms with Gasteiger partial charge in [-0.1, -0.05) is 30.3 Å². The van der Waals surface area contributed by atoms with Gasteiger partial charge in [-0.25, -0.2) is 0 Å². The fourth-order valence-corrected chi connectivity index (χ4v) is 3.61. The Hall–Kier alpha value is -3.02. The highest BCUT2D eigenvalue weighted by Gasteiger charge is 2.36. The van der Waals surface area contributed by atoms with E-state index < -0.39 is 11.9 Å². The number of para-hydroxylation sites is 1. The van der Waals surface area contributed by atoms with Gasteiger partial charge in [0.2, 0.25) is 0 Å². The molecular formula is C20H19NO5. The van der Waals surface area contributed by atoms with Crippen LogP contribution in [0, 0.1) is 0 Å². The minimum Gasteiger partial charge on any atom is -0.490 e. The Morgan fingerprint density at radius 3 is 2.58 bits per heavy atom. The maximum atomic E-state index is 12.9. The summed E-state index contributed by atoms with van der Waals surface area (Å²) in [5.74, 6) is -0.768. The summed E-state index contributed by atoms with van der Waals surface area (Å²) >= 11 is 0. The average Bonchev–Trinajstić information content (AvgIpc) is 2.84. The van der Waals surface area contributed by atoms with E-state index in [1.807, 2.05) is 24.3 Å². The molecule has 134 valence electrons. The number of carboxylic acid groups (broad SMARTS) is 1. The van der Waals surface area contributed by atoms with Gasteiger partial charge in [0, 0.05) is 6.42 Å². The van der Waals surface area contributed by atoms with E-state index in [9.17, 15) is 14.7 Å². The molecule has 1 amide bonds. The standard InChI is InChI=1S/C20H19NO5/c22-19(14-7-3-8-17-18(14)26-10-4-9-25-17)21-16-11-15(20(23)24)12-5-1-2-6-13(12)16/h1-3,5-8,15-16H,4,9-11H2,(H,21,22)(H,23,24). The van der Waals surface area contributed by atoms with Crippen LogP contribution in [0.25, 0.3) is 0 Å². The van der Waals surface area contributed by atoms with E-state index in [1.165, 1.54) is 0 Å². The summed E-state index contributed by atoms with van der Waals surface area (Å²) in [5, 5.41) is 12.4. The monoisotopic (exact) mass is 353 g/mol. The number of aliphatic carboxylic acids is 1. The first-order chi connectivity index (χ1) is 12.6. The highest BCUT2D eigenvalue weighted by molar-refractivity contribution is 5.98. The summed E-state index contributed by atoms with van der Waals surface area (Å²) in [6, 6.07) is 12.2. The van der Waals surface area contributed by atoms with Crippen molar-refractivity contribution in [3.05, 3.63) is 59.2 Å². The van der Waals surface area contributed by atoms with Gasteiger partial charge in [-0.2, -0.15) is 0 Å². The second-order valence-corrected chi connectivity index (χ2v) is 6.46. The highest BCUT2D eigenvalue weighted by atomic mass is 16.5. The van der Waals surface area contributed by atoms with Gasteiger partial charge in [-0.3, -0.25) is 9.59 Å². The molecular weight excluding hydrogens is 334 g/mol. The summed E-state index contributed by atoms with van der Waals surface area (Å²) < 4.78 is 11.3. The van der Waals surface area contributed by atoms with Crippen molar-refractivity contribution in [2.75, 3.05) is 13.2 Å². The van der Waals surface area contributed by atoms with Gasteiger partial charge in [0.1, 0.15) is 0 Å². The second-order valence-electron chi connectivity index (χ2n) is 6.46. The third-order valence-electron chi connectivity index (χ3n) is 4.84. The molecule has 2 aliphatic rings. The van der Waals surface area contributed by atoms with Gasteiger partial charge < -0.3 is 19.9 Å². The molecule has 1 aliphatic carbocycles. The number of rotatable bonds is 3. The van der Waals surface area contributed by atoms with Gasteiger partial charge in [0.05, 0.1) is 30.7 Å². The maximum Gasteiger partial charge on any atom is 0.311 e. The number of hydrogen-bond donors (Lipinski definition) is 2. The van der Waals surface area contributed by atoms with Crippen LogP contribution in [-0.2, 0) is 4.79 Å². The average molecular weight is 353 g/mol. The summed E-state index contributed by atoms with van der Waals surface area (Å²) in [7, 11) is 0. The van der Waals surface area contributed by atoms with Crippen molar-refractivity contribution in [2.24, 2.45) is 0 Å². The molecule has 2 atom stereocenters. The van der Waals surface area contributed by atoms with E-state index in [2.05, 4.69) is 5.32 Å². The molecule has 0 aromatic heterocycles. The molecule has 2 aromatic rings. The Balaban J connectivity index is 1.61. The Morgan fingerprint density at radius 1 is 1.00 bits per heavy atom. The molecule has 2 N–H and O–H groups in total. The first-order valence-electron chi connectivity index (χ1n) is 8.66. The second kappa shape index (κ2) is 6.71. The van der Waals surface area contributed by atoms with E-state index in [4.69, 9.17) is 9.47 Å². The topological polar surface area (TPSA) is 84.9 Å². The van der Waals surface area contributed by atoms with Crippen molar-refractivity contribution < 1.29 is 24.2 Å². The van der Waals surface area contributed by atoms with Crippen LogP contribution in [0.15, 0.2) is 42.5 Å². The molecule has 6 heteroatoms.